The van der Waals surface area contributed by atoms with Crippen molar-refractivity contribution in [3.05, 3.63) is 0 Å². The van der Waals surface area contributed by atoms with Gasteiger partial charge >= 0.3 is 0 Å². The maximum Gasteiger partial charge on any atom is 0.225 e. The van der Waals surface area contributed by atoms with E-state index in [0.717, 1.165) is 25.9 Å². The number of piperidine rings is 1. The van der Waals surface area contributed by atoms with Crippen molar-refractivity contribution >= 4 is 18.3 Å². The molecule has 3 aliphatic carbocycles. The molecule has 0 aromatic carbocycles. The molecule has 1 amide bonds. The highest BCUT2D eigenvalue weighted by molar-refractivity contribution is 5.85. The topological polar surface area (TPSA) is 46.3 Å². The predicted molar refractivity (Wildman–Crippen MR) is 105 cm³/mol. The first kappa shape index (κ1) is 19.5. The number of amides is 1. The molecular formula is C21H37ClN2O. The van der Waals surface area contributed by atoms with Crippen LogP contribution in [0, 0.1) is 23.2 Å². The van der Waals surface area contributed by atoms with Gasteiger partial charge in [0.1, 0.15) is 0 Å². The molecule has 0 aromatic heterocycles. The van der Waals surface area contributed by atoms with Crippen molar-refractivity contribution in [2.45, 2.75) is 89.5 Å². The second-order valence-electron chi connectivity index (χ2n) is 9.47. The third-order valence-corrected chi connectivity index (χ3v) is 7.90. The van der Waals surface area contributed by atoms with Gasteiger partial charge in [0, 0.05) is 25.0 Å². The van der Waals surface area contributed by atoms with E-state index in [1.54, 1.807) is 0 Å². The van der Waals surface area contributed by atoms with Crippen LogP contribution in [-0.2, 0) is 4.79 Å². The number of nitrogens with zero attached hydrogens (tertiary/aromatic N) is 1. The lowest BCUT2D eigenvalue weighted by Gasteiger charge is -2.47. The van der Waals surface area contributed by atoms with E-state index < -0.39 is 0 Å². The number of hydrogen-bond acceptors (Lipinski definition) is 2. The molecule has 4 rings (SSSR count). The summed E-state index contributed by atoms with van der Waals surface area (Å²) in [5, 5.41) is 0. The van der Waals surface area contributed by atoms with Gasteiger partial charge in [-0.15, -0.1) is 12.4 Å². The van der Waals surface area contributed by atoms with Crippen molar-refractivity contribution < 1.29 is 4.79 Å². The smallest absolute Gasteiger partial charge is 0.225 e. The van der Waals surface area contributed by atoms with E-state index in [9.17, 15) is 4.79 Å². The van der Waals surface area contributed by atoms with Gasteiger partial charge in [0.2, 0.25) is 5.91 Å². The highest BCUT2D eigenvalue weighted by atomic mass is 35.5. The van der Waals surface area contributed by atoms with E-state index in [2.05, 4.69) is 4.90 Å². The second kappa shape index (κ2) is 8.17. The van der Waals surface area contributed by atoms with Crippen molar-refractivity contribution in [1.29, 1.82) is 0 Å². The summed E-state index contributed by atoms with van der Waals surface area (Å²) in [4.78, 5) is 15.6. The molecule has 25 heavy (non-hydrogen) atoms. The van der Waals surface area contributed by atoms with E-state index in [1.807, 2.05) is 0 Å². The van der Waals surface area contributed by atoms with Gasteiger partial charge in [0.15, 0.2) is 0 Å². The molecule has 3 nitrogen and oxygen atoms in total. The number of fused-ring (bicyclic) bond motifs is 2. The van der Waals surface area contributed by atoms with Gasteiger partial charge in [-0.1, -0.05) is 32.1 Å². The third-order valence-electron chi connectivity index (χ3n) is 7.90. The Morgan fingerprint density at radius 1 is 0.880 bits per heavy atom. The van der Waals surface area contributed by atoms with E-state index in [-0.39, 0.29) is 18.3 Å². The van der Waals surface area contributed by atoms with Crippen LogP contribution in [0.15, 0.2) is 0 Å². The number of halogens is 1. The normalized spacial score (nSPS) is 37.9. The van der Waals surface area contributed by atoms with Crippen LogP contribution in [0.25, 0.3) is 0 Å². The number of rotatable bonds is 1. The van der Waals surface area contributed by atoms with Crippen LogP contribution in [0.2, 0.25) is 0 Å². The minimum Gasteiger partial charge on any atom is -0.342 e. The Morgan fingerprint density at radius 2 is 1.48 bits per heavy atom. The molecule has 4 heteroatoms. The van der Waals surface area contributed by atoms with E-state index in [1.165, 1.54) is 70.6 Å². The molecule has 0 aromatic rings. The van der Waals surface area contributed by atoms with Crippen LogP contribution in [0.5, 0.6) is 0 Å². The number of carbonyl (C=O) groups is 1. The molecule has 2 unspecified atom stereocenters. The summed E-state index contributed by atoms with van der Waals surface area (Å²) in [7, 11) is 0. The predicted octanol–water partition coefficient (Wildman–Crippen LogP) is 4.52. The first-order valence-electron chi connectivity index (χ1n) is 10.7. The zero-order chi connectivity index (χ0) is 16.6. The number of carbonyl (C=O) groups excluding carboxylic acids is 1. The molecule has 4 fully saturated rings. The van der Waals surface area contributed by atoms with Crippen LogP contribution < -0.4 is 5.73 Å². The summed E-state index contributed by atoms with van der Waals surface area (Å²) in [6.07, 6.45) is 16.8. The Hall–Kier alpha value is -0.280. The lowest BCUT2D eigenvalue weighted by Crippen LogP contribution is -2.52. The van der Waals surface area contributed by atoms with Crippen LogP contribution in [0.4, 0.5) is 0 Å². The highest BCUT2D eigenvalue weighted by Gasteiger charge is 2.44. The molecule has 4 aliphatic rings. The molecule has 3 saturated carbocycles. The van der Waals surface area contributed by atoms with Crippen molar-refractivity contribution in [2.75, 3.05) is 13.1 Å². The number of likely N-dealkylation sites (tertiary alicyclic amines) is 1. The summed E-state index contributed by atoms with van der Waals surface area (Å²) in [5.41, 5.74) is 6.89. The fraction of sp³-hybridized carbons (Fsp3) is 0.952. The monoisotopic (exact) mass is 368 g/mol. The molecule has 1 saturated heterocycles. The first-order chi connectivity index (χ1) is 11.7. The van der Waals surface area contributed by atoms with Gasteiger partial charge in [-0.2, -0.15) is 0 Å². The van der Waals surface area contributed by atoms with Crippen LogP contribution in [0.3, 0.4) is 0 Å². The SMILES string of the molecule is Cl.NC1C2CCCC1CC(C(=O)N1CCCC3(CCCCCC3)C1)C2. The van der Waals surface area contributed by atoms with E-state index in [0.29, 0.717) is 29.2 Å². The zero-order valence-electron chi connectivity index (χ0n) is 15.8. The second-order valence-corrected chi connectivity index (χ2v) is 9.47. The molecule has 144 valence electrons. The zero-order valence-corrected chi connectivity index (χ0v) is 16.6. The van der Waals surface area contributed by atoms with Crippen molar-refractivity contribution in [3.8, 4) is 0 Å². The Balaban J connectivity index is 0.00000182. The summed E-state index contributed by atoms with van der Waals surface area (Å²) in [6.45, 7) is 2.07. The van der Waals surface area contributed by atoms with Gasteiger partial charge in [-0.05, 0) is 68.6 Å². The average molecular weight is 369 g/mol. The molecule has 1 spiro atoms. The van der Waals surface area contributed by atoms with Gasteiger partial charge in [0.05, 0.1) is 0 Å². The van der Waals surface area contributed by atoms with Gasteiger partial charge < -0.3 is 10.6 Å². The van der Waals surface area contributed by atoms with Gasteiger partial charge in [-0.3, -0.25) is 4.79 Å². The van der Waals surface area contributed by atoms with Crippen molar-refractivity contribution in [1.82, 2.24) is 4.90 Å². The quantitative estimate of drug-likeness (QED) is 0.739. The molecule has 2 bridgehead atoms. The van der Waals surface area contributed by atoms with Gasteiger partial charge in [0.25, 0.3) is 0 Å². The lowest BCUT2D eigenvalue weighted by molar-refractivity contribution is -0.142. The van der Waals surface area contributed by atoms with E-state index >= 15 is 0 Å². The summed E-state index contributed by atoms with van der Waals surface area (Å²) in [6, 6.07) is 0.373. The molecule has 0 radical (unpaired) electrons. The highest BCUT2D eigenvalue weighted by Crippen LogP contribution is 2.45. The van der Waals surface area contributed by atoms with E-state index in [4.69, 9.17) is 5.73 Å². The standard InChI is InChI=1S/C21H36N2O.ClH/c22-19-16-7-5-8-17(19)14-18(13-16)20(24)23-12-6-11-21(15-23)9-3-1-2-4-10-21;/h16-19H,1-15,22H2;1H. The van der Waals surface area contributed by atoms with Crippen LogP contribution in [-0.4, -0.2) is 29.9 Å². The average Bonchev–Trinajstić information content (AvgIpc) is 2.79. The fourth-order valence-corrected chi connectivity index (χ4v) is 6.53. The largest absolute Gasteiger partial charge is 0.342 e. The van der Waals surface area contributed by atoms with Crippen LogP contribution >= 0.6 is 12.4 Å². The number of nitrogens with two attached hydrogens (primary N) is 1. The van der Waals surface area contributed by atoms with Crippen LogP contribution in [0.1, 0.15) is 83.5 Å². The molecule has 2 N–H and O–H groups in total. The van der Waals surface area contributed by atoms with Gasteiger partial charge in [-0.25, -0.2) is 0 Å². The minimum atomic E-state index is 0. The Labute approximate surface area is 159 Å². The fourth-order valence-electron chi connectivity index (χ4n) is 6.53. The maximum atomic E-state index is 13.3. The van der Waals surface area contributed by atoms with Crippen molar-refractivity contribution in [2.24, 2.45) is 28.9 Å². The molecular weight excluding hydrogens is 332 g/mol. The maximum absolute atomic E-state index is 13.3. The Kier molecular flexibility index (Phi) is 6.36. The molecule has 1 heterocycles. The van der Waals surface area contributed by atoms with Crippen molar-refractivity contribution in [3.63, 3.8) is 0 Å². The summed E-state index contributed by atoms with van der Waals surface area (Å²) < 4.78 is 0. The summed E-state index contributed by atoms with van der Waals surface area (Å²) in [5.74, 6) is 1.99. The number of hydrogen-bond donors (Lipinski definition) is 1. The minimum absolute atomic E-state index is 0. The molecule has 2 atom stereocenters. The molecule has 1 aliphatic heterocycles. The third kappa shape index (κ3) is 4.03. The Bertz CT molecular complexity index is 447. The summed E-state index contributed by atoms with van der Waals surface area (Å²) >= 11 is 0. The Morgan fingerprint density at radius 3 is 2.12 bits per heavy atom. The first-order valence-corrected chi connectivity index (χ1v) is 10.7. The lowest BCUT2D eigenvalue weighted by atomic mass is 9.64.